The summed E-state index contributed by atoms with van der Waals surface area (Å²) in [5, 5.41) is 21.4. The molecule has 0 radical (unpaired) electrons. The van der Waals surface area contributed by atoms with Gasteiger partial charge >= 0.3 is 69.5 Å². The van der Waals surface area contributed by atoms with Gasteiger partial charge in [-0.2, -0.15) is 25.3 Å². The van der Waals surface area contributed by atoms with E-state index in [2.05, 4.69) is 39.1 Å². The standard InChI is InChI=1S/2C9H18O3S.2C4H9.Sn/c2*1-3-5-8(12-4-2)7(6-13)9(10)11;2*1-3-4-2;/h2*7-8,13H,3-6H2,1-2H3,(H,10,11);2*1,3-4H2,2H3;/q;;;;+2/p-2. The van der Waals surface area contributed by atoms with Gasteiger partial charge in [-0.3, -0.25) is 0 Å². The topological polar surface area (TPSA) is 98.7 Å². The van der Waals surface area contributed by atoms with Gasteiger partial charge in [-0.25, -0.2) is 0 Å². The Morgan fingerprint density at radius 1 is 0.686 bits per heavy atom. The van der Waals surface area contributed by atoms with Crippen molar-refractivity contribution in [2.24, 2.45) is 11.8 Å². The van der Waals surface area contributed by atoms with Crippen molar-refractivity contribution in [1.82, 2.24) is 0 Å². The predicted molar refractivity (Wildman–Crippen MR) is 151 cm³/mol. The van der Waals surface area contributed by atoms with E-state index >= 15 is 0 Å². The molecule has 0 aromatic carbocycles. The summed E-state index contributed by atoms with van der Waals surface area (Å²) >= 11 is 8.11. The Labute approximate surface area is 237 Å². The van der Waals surface area contributed by atoms with Crippen LogP contribution in [0.5, 0.6) is 0 Å². The van der Waals surface area contributed by atoms with Crippen LogP contribution in [-0.4, -0.2) is 70.0 Å². The maximum absolute atomic E-state index is 10.7. The van der Waals surface area contributed by atoms with Crippen molar-refractivity contribution in [3.63, 3.8) is 0 Å². The molecule has 35 heavy (non-hydrogen) atoms. The molecule has 0 aromatic rings. The van der Waals surface area contributed by atoms with Crippen LogP contribution in [0.3, 0.4) is 0 Å². The maximum atomic E-state index is 10.7. The first kappa shape index (κ1) is 39.9. The predicted octanol–water partition coefficient (Wildman–Crippen LogP) is 4.10. The average Bonchev–Trinajstić information content (AvgIpc) is 2.81. The van der Waals surface area contributed by atoms with E-state index in [1.165, 1.54) is 25.7 Å². The molecule has 9 heteroatoms. The number of carboxylic acid groups (broad SMARTS) is 2. The minimum absolute atomic E-state index is 0.149. The van der Waals surface area contributed by atoms with Crippen LogP contribution in [-0.2, 0) is 19.1 Å². The Hall–Kier alpha value is 0.359. The molecule has 6 nitrogen and oxygen atoms in total. The monoisotopic (exact) mass is 644 g/mol. The third-order valence-electron chi connectivity index (χ3n) is 5.22. The number of ether oxygens (including phenoxy) is 2. The molecule has 4 unspecified atom stereocenters. The van der Waals surface area contributed by atoms with Crippen LogP contribution in [0.25, 0.3) is 0 Å². The van der Waals surface area contributed by atoms with Gasteiger partial charge in [0.1, 0.15) is 0 Å². The van der Waals surface area contributed by atoms with Crippen LogP contribution >= 0.6 is 25.3 Å². The quantitative estimate of drug-likeness (QED) is 0.118. The van der Waals surface area contributed by atoms with Gasteiger partial charge in [-0.05, 0) is 26.7 Å². The van der Waals surface area contributed by atoms with Crippen LogP contribution in [0.4, 0.5) is 0 Å². The number of thiol groups is 2. The molecular weight excluding hydrogens is 591 g/mol. The molecule has 0 bridgehead atoms. The fourth-order valence-corrected chi connectivity index (χ4v) is 8.14. The number of unbranched alkanes of at least 4 members (excludes halogenated alkanes) is 2. The third-order valence-corrected chi connectivity index (χ3v) is 10.0. The first-order chi connectivity index (χ1) is 16.7. The van der Waals surface area contributed by atoms with E-state index in [1.54, 1.807) is 8.87 Å². The first-order valence-corrected chi connectivity index (χ1v) is 18.6. The molecule has 208 valence electrons. The summed E-state index contributed by atoms with van der Waals surface area (Å²) in [6.07, 6.45) is 8.63. The Balaban J connectivity index is -0.000000448. The fraction of sp³-hybridized carbons (Fsp3) is 0.923. The zero-order chi connectivity index (χ0) is 27.5. The van der Waals surface area contributed by atoms with E-state index < -0.39 is 23.8 Å². The van der Waals surface area contributed by atoms with Gasteiger partial charge < -0.3 is 29.3 Å². The van der Waals surface area contributed by atoms with E-state index in [-0.39, 0.29) is 44.9 Å². The summed E-state index contributed by atoms with van der Waals surface area (Å²) < 4.78 is 13.9. The van der Waals surface area contributed by atoms with Crippen LogP contribution in [0.15, 0.2) is 0 Å². The number of carbonyl (C=O) groups excluding carboxylic acids is 2. The molecule has 4 atom stereocenters. The summed E-state index contributed by atoms with van der Waals surface area (Å²) in [7, 11) is 0. The van der Waals surface area contributed by atoms with Crippen molar-refractivity contribution in [2.45, 2.75) is 114 Å². The molecule has 0 heterocycles. The van der Waals surface area contributed by atoms with Crippen molar-refractivity contribution < 1.29 is 29.3 Å². The molecule has 0 amide bonds. The summed E-state index contributed by atoms with van der Waals surface area (Å²) in [6, 6.07) is 0. The number of aliphatic carboxylic acids is 2. The second kappa shape index (κ2) is 30.6. The first-order valence-electron chi connectivity index (χ1n) is 13.3. The molecule has 0 aliphatic rings. The summed E-state index contributed by atoms with van der Waals surface area (Å²) in [6.45, 7) is 13.3. The van der Waals surface area contributed by atoms with Gasteiger partial charge in [0.15, 0.2) is 0 Å². The van der Waals surface area contributed by atoms with Crippen LogP contribution in [0, 0.1) is 11.8 Å². The number of rotatable bonds is 20. The number of hydrogen-bond acceptors (Lipinski definition) is 8. The fourth-order valence-electron chi connectivity index (χ4n) is 3.21. The molecule has 0 saturated carbocycles. The van der Waals surface area contributed by atoms with Crippen LogP contribution in [0.1, 0.15) is 92.9 Å². The zero-order valence-corrected chi connectivity index (χ0v) is 27.7. The molecule has 0 aromatic heterocycles. The Bertz CT molecular complexity index is 419. The van der Waals surface area contributed by atoms with E-state index in [9.17, 15) is 19.8 Å². The van der Waals surface area contributed by atoms with Gasteiger partial charge in [0.25, 0.3) is 0 Å². The minimum atomic E-state index is -1.07. The van der Waals surface area contributed by atoms with E-state index in [0.29, 0.717) is 13.2 Å². The van der Waals surface area contributed by atoms with Crippen molar-refractivity contribution >= 4 is 58.3 Å². The number of hydrogen-bond donors (Lipinski definition) is 2. The van der Waals surface area contributed by atoms with E-state index in [4.69, 9.17) is 9.47 Å². The van der Waals surface area contributed by atoms with Gasteiger partial charge in [-0.15, -0.1) is 0 Å². The van der Waals surface area contributed by atoms with E-state index in [1.807, 2.05) is 27.7 Å². The van der Waals surface area contributed by atoms with Crippen molar-refractivity contribution in [2.75, 3.05) is 24.7 Å². The molecule has 0 saturated heterocycles. The Morgan fingerprint density at radius 2 is 1.03 bits per heavy atom. The van der Waals surface area contributed by atoms with Crippen molar-refractivity contribution in [1.29, 1.82) is 0 Å². The summed E-state index contributed by atoms with van der Waals surface area (Å²) in [5.74, 6) is -2.78. The second-order valence-corrected chi connectivity index (χ2v) is 13.2. The molecule has 0 spiro atoms. The number of carboxylic acids is 2. The molecule has 0 N–H and O–H groups in total. The molecule has 0 aliphatic carbocycles. The van der Waals surface area contributed by atoms with Crippen molar-refractivity contribution in [3.05, 3.63) is 0 Å². The normalized spacial score (nSPS) is 13.7. The average molecular weight is 644 g/mol. The number of carbonyl (C=O) groups is 2. The van der Waals surface area contributed by atoms with Crippen LogP contribution < -0.4 is 10.2 Å². The van der Waals surface area contributed by atoms with Gasteiger partial charge in [-0.1, -0.05) is 26.7 Å². The molecule has 0 fully saturated rings. The second-order valence-electron chi connectivity index (χ2n) is 8.24. The van der Waals surface area contributed by atoms with Crippen LogP contribution in [0.2, 0.25) is 8.87 Å². The summed E-state index contributed by atoms with van der Waals surface area (Å²) in [4.78, 5) is 21.4. The van der Waals surface area contributed by atoms with Crippen molar-refractivity contribution in [3.8, 4) is 0 Å². The SMILES string of the molecule is CCCC(OCC)C(CS)C(=O)[O-].CCCC(OCC)C(CS)C(=O)[O-].CCC[CH2][Sn+2][CH2]CCC. The van der Waals surface area contributed by atoms with Gasteiger partial charge in [0, 0.05) is 48.5 Å². The van der Waals surface area contributed by atoms with Gasteiger partial charge in [0.2, 0.25) is 0 Å². The zero-order valence-electron chi connectivity index (χ0n) is 23.1. The van der Waals surface area contributed by atoms with E-state index in [0.717, 1.165) is 25.7 Å². The molecular formula is C26H52O6S2Sn. The van der Waals surface area contributed by atoms with Gasteiger partial charge in [0.05, 0.1) is 12.2 Å². The summed E-state index contributed by atoms with van der Waals surface area (Å²) in [5.41, 5.74) is 0. The third kappa shape index (κ3) is 24.5. The molecule has 0 aliphatic heterocycles. The molecule has 0 rings (SSSR count). The Kier molecular flexibility index (Phi) is 34.8. The Morgan fingerprint density at radius 3 is 1.23 bits per heavy atom.